The predicted molar refractivity (Wildman–Crippen MR) is 55.6 cm³/mol. The molecule has 1 heterocycles. The van der Waals surface area contributed by atoms with Crippen LogP contribution in [0.3, 0.4) is 0 Å². The number of aliphatic hydroxyl groups is 1. The smallest absolute Gasteiger partial charge is 0.343 e. The normalized spacial score (nSPS) is 35.6. The number of halogens is 1. The number of nitrogens with one attached hydrogen (secondary N) is 1. The predicted octanol–water partition coefficient (Wildman–Crippen LogP) is 0.637. The molecule has 1 saturated heterocycles. The Morgan fingerprint density at radius 2 is 2.57 bits per heavy atom. The largest absolute Gasteiger partial charge is 0.395 e. The molecule has 0 bridgehead atoms. The zero-order valence-corrected chi connectivity index (χ0v) is 9.22. The molecule has 1 unspecified atom stereocenters. The molecule has 1 aliphatic rings. The first-order valence-corrected chi connectivity index (χ1v) is 6.27. The Bertz CT molecular complexity index is 347. The van der Waals surface area contributed by atoms with Crippen LogP contribution in [0, 0.1) is 0 Å². The minimum absolute atomic E-state index is 0.0935. The number of rotatable bonds is 5. The minimum Gasteiger partial charge on any atom is -0.395 e. The summed E-state index contributed by atoms with van der Waals surface area (Å²) in [6.45, 7) is -5.06. The highest BCUT2D eigenvalue weighted by atomic mass is 35.5. The molecule has 84 valence electrons. The van der Waals surface area contributed by atoms with Gasteiger partial charge in [-0.25, -0.2) is 9.76 Å². The van der Waals surface area contributed by atoms with Gasteiger partial charge in [-0.3, -0.25) is 4.57 Å². The summed E-state index contributed by atoms with van der Waals surface area (Å²) in [7, 11) is -3.91. The molecule has 0 amide bonds. The summed E-state index contributed by atoms with van der Waals surface area (Å²) < 4.78 is 48.4. The topological polar surface area (TPSA) is 61.8 Å². The maximum atomic E-state index is 12.5. The second-order valence-corrected chi connectivity index (χ2v) is 4.84. The van der Waals surface area contributed by atoms with E-state index >= 15 is 0 Å². The van der Waals surface area contributed by atoms with Crippen LogP contribution in [0.1, 0.15) is 11.9 Å². The fourth-order valence-corrected chi connectivity index (χ4v) is 2.87. The molecule has 1 fully saturated rings. The lowest BCUT2D eigenvalue weighted by Crippen LogP contribution is -2.36. The molecular formula is C7H16ClN2O3P. The SMILES string of the molecule is [2H]C([2H])(CCl)NP1(=O)OCCCN1C([2H])([2H])CO. The Morgan fingerprint density at radius 1 is 1.79 bits per heavy atom. The van der Waals surface area contributed by atoms with E-state index < -0.39 is 33.2 Å². The van der Waals surface area contributed by atoms with Crippen LogP contribution in [0.5, 0.6) is 0 Å². The summed E-state index contributed by atoms with van der Waals surface area (Å²) >= 11 is 5.39. The molecule has 0 aromatic rings. The molecule has 1 atom stereocenters. The Morgan fingerprint density at radius 3 is 3.21 bits per heavy atom. The molecule has 2 N–H and O–H groups in total. The van der Waals surface area contributed by atoms with Crippen LogP contribution in [0.4, 0.5) is 0 Å². The maximum absolute atomic E-state index is 12.5. The number of β-amino-alcohol motifs (C(OH)–C–C–N with tert-alkyl or cyclic N) is 1. The third-order valence-electron chi connectivity index (χ3n) is 1.64. The average molecular weight is 247 g/mol. The van der Waals surface area contributed by atoms with Crippen LogP contribution in [0.25, 0.3) is 0 Å². The molecule has 0 saturated carbocycles. The van der Waals surface area contributed by atoms with E-state index in [1.54, 1.807) is 0 Å². The van der Waals surface area contributed by atoms with Crippen molar-refractivity contribution in [2.24, 2.45) is 0 Å². The maximum Gasteiger partial charge on any atom is 0.343 e. The molecule has 1 aliphatic heterocycles. The third-order valence-corrected chi connectivity index (χ3v) is 3.72. The van der Waals surface area contributed by atoms with Crippen LogP contribution in [-0.4, -0.2) is 48.4 Å². The standard InChI is InChI=1S/C7H16ClN2O3P/c8-2-3-9-14(12)10(5-6-11)4-1-7-13-14/h11H,1-7H2,(H,9,12)/i3D2,5D2. The van der Waals surface area contributed by atoms with Crippen LogP contribution >= 0.6 is 19.3 Å². The van der Waals surface area contributed by atoms with Gasteiger partial charge in [-0.1, -0.05) is 0 Å². The summed E-state index contributed by atoms with van der Waals surface area (Å²) in [5, 5.41) is 11.1. The van der Waals surface area contributed by atoms with Gasteiger partial charge < -0.3 is 9.63 Å². The second-order valence-electron chi connectivity index (χ2n) is 2.57. The van der Waals surface area contributed by atoms with Crippen LogP contribution in [0.2, 0.25) is 0 Å². The quantitative estimate of drug-likeness (QED) is 0.551. The van der Waals surface area contributed by atoms with Gasteiger partial charge in [0, 0.05) is 30.9 Å². The van der Waals surface area contributed by atoms with E-state index in [0.29, 0.717) is 6.42 Å². The molecule has 1 rings (SSSR count). The van der Waals surface area contributed by atoms with Crippen molar-refractivity contribution >= 4 is 19.3 Å². The van der Waals surface area contributed by atoms with Gasteiger partial charge >= 0.3 is 7.67 Å². The molecule has 5 nitrogen and oxygen atoms in total. The first-order valence-electron chi connectivity index (χ1n) is 6.16. The van der Waals surface area contributed by atoms with Gasteiger partial charge in [0.2, 0.25) is 0 Å². The number of nitrogens with zero attached hydrogens (tertiary/aromatic N) is 1. The summed E-state index contributed by atoms with van der Waals surface area (Å²) in [6.07, 6.45) is 0.440. The molecule has 0 radical (unpaired) electrons. The Hall–Kier alpha value is 0.360. The second kappa shape index (κ2) is 6.05. The molecule has 0 aromatic heterocycles. The molecule has 0 aromatic carbocycles. The van der Waals surface area contributed by atoms with Gasteiger partial charge in [-0.05, 0) is 6.42 Å². The summed E-state index contributed by atoms with van der Waals surface area (Å²) in [5.74, 6) is -0.462. The van der Waals surface area contributed by atoms with Crippen molar-refractivity contribution in [2.75, 3.05) is 38.6 Å². The Labute approximate surface area is 94.6 Å². The summed E-state index contributed by atoms with van der Waals surface area (Å²) in [4.78, 5) is 0. The van der Waals surface area contributed by atoms with E-state index in [1.807, 2.05) is 0 Å². The Balaban J connectivity index is 2.97. The van der Waals surface area contributed by atoms with Gasteiger partial charge in [0.1, 0.15) is 0 Å². The van der Waals surface area contributed by atoms with Crippen molar-refractivity contribution in [1.82, 2.24) is 9.76 Å². The minimum atomic E-state index is -3.91. The number of aliphatic hydroxyl groups excluding tert-OH is 1. The highest BCUT2D eigenvalue weighted by molar-refractivity contribution is 7.54. The number of hydrogen-bond acceptors (Lipinski definition) is 3. The third kappa shape index (κ3) is 3.19. The first-order chi connectivity index (χ1) is 8.17. The van der Waals surface area contributed by atoms with E-state index in [1.165, 1.54) is 0 Å². The number of alkyl halides is 1. The molecule has 14 heavy (non-hydrogen) atoms. The average Bonchev–Trinajstić information content (AvgIpc) is 2.28. The van der Waals surface area contributed by atoms with Crippen molar-refractivity contribution in [2.45, 2.75) is 6.42 Å². The molecule has 0 aliphatic carbocycles. The van der Waals surface area contributed by atoms with Gasteiger partial charge in [0.25, 0.3) is 0 Å². The highest BCUT2D eigenvalue weighted by Gasteiger charge is 2.33. The van der Waals surface area contributed by atoms with Gasteiger partial charge in [-0.15, -0.1) is 11.6 Å². The van der Waals surface area contributed by atoms with Gasteiger partial charge in [0.15, 0.2) is 0 Å². The van der Waals surface area contributed by atoms with Crippen molar-refractivity contribution in [3.63, 3.8) is 0 Å². The van der Waals surface area contributed by atoms with E-state index in [9.17, 15) is 4.57 Å². The fraction of sp³-hybridized carbons (Fsp3) is 1.00. The lowest BCUT2D eigenvalue weighted by Gasteiger charge is -2.34. The van der Waals surface area contributed by atoms with Gasteiger partial charge in [0.05, 0.1) is 13.2 Å². The van der Waals surface area contributed by atoms with Crippen LogP contribution in [-0.2, 0) is 9.09 Å². The fourth-order valence-electron chi connectivity index (χ4n) is 1.08. The molecule has 7 heteroatoms. The van der Waals surface area contributed by atoms with E-state index in [4.69, 9.17) is 26.7 Å². The first kappa shape index (κ1) is 7.60. The van der Waals surface area contributed by atoms with Crippen molar-refractivity contribution in [1.29, 1.82) is 0 Å². The lowest BCUT2D eigenvalue weighted by molar-refractivity contribution is 0.175. The summed E-state index contributed by atoms with van der Waals surface area (Å²) in [5.41, 5.74) is 0. The van der Waals surface area contributed by atoms with Crippen LogP contribution in [0.15, 0.2) is 0 Å². The lowest BCUT2D eigenvalue weighted by atomic mass is 10.4. The monoisotopic (exact) mass is 246 g/mol. The van der Waals surface area contributed by atoms with E-state index in [-0.39, 0.29) is 13.2 Å². The van der Waals surface area contributed by atoms with E-state index in [0.717, 1.165) is 4.67 Å². The van der Waals surface area contributed by atoms with Crippen molar-refractivity contribution in [3.05, 3.63) is 0 Å². The zero-order valence-electron chi connectivity index (χ0n) is 11.6. The molecule has 0 spiro atoms. The van der Waals surface area contributed by atoms with Gasteiger partial charge in [-0.2, -0.15) is 0 Å². The molecular weight excluding hydrogens is 227 g/mol. The van der Waals surface area contributed by atoms with Crippen LogP contribution < -0.4 is 5.09 Å². The highest BCUT2D eigenvalue weighted by Crippen LogP contribution is 2.48. The Kier molecular flexibility index (Phi) is 3.29. The van der Waals surface area contributed by atoms with Crippen molar-refractivity contribution in [3.8, 4) is 0 Å². The van der Waals surface area contributed by atoms with Crippen molar-refractivity contribution < 1.29 is 19.7 Å². The number of hydrogen-bond donors (Lipinski definition) is 2. The zero-order chi connectivity index (χ0) is 14.0. The summed E-state index contributed by atoms with van der Waals surface area (Å²) in [6, 6.07) is 0. The van der Waals surface area contributed by atoms with E-state index in [2.05, 4.69) is 5.09 Å².